The van der Waals surface area contributed by atoms with E-state index < -0.39 is 32.8 Å². The number of amides is 1. The van der Waals surface area contributed by atoms with E-state index in [9.17, 15) is 23.3 Å². The summed E-state index contributed by atoms with van der Waals surface area (Å²) in [6.45, 7) is 0. The van der Waals surface area contributed by atoms with Gasteiger partial charge in [-0.05, 0) is 12.1 Å². The first kappa shape index (κ1) is 15.0. The Hall–Kier alpha value is -2.07. The number of nitro benzene ring substituents is 1. The minimum atomic E-state index is -4.59. The summed E-state index contributed by atoms with van der Waals surface area (Å²) in [6, 6.07) is 3.08. The smallest absolute Gasteiger partial charge is 0.423 e. The molecule has 1 aromatic rings. The number of halogens is 1. The fourth-order valence-electron chi connectivity index (χ4n) is 0.986. The SMILES string of the molecule is COC(=O)NS(=O)(=O)Oc1ccc(Cl)cc1[N+](=O)[O-]. The molecule has 0 saturated heterocycles. The molecule has 0 heterocycles. The lowest BCUT2D eigenvalue weighted by Crippen LogP contribution is -2.33. The standard InChI is InChI=1S/C8H7ClN2O7S/c1-17-8(12)10-19(15,16)18-7-3-2-5(9)4-6(7)11(13)14/h2-4H,1H3,(H,10,12). The van der Waals surface area contributed by atoms with Crippen molar-refractivity contribution in [3.63, 3.8) is 0 Å². The molecule has 1 aromatic carbocycles. The highest BCUT2D eigenvalue weighted by Crippen LogP contribution is 2.30. The van der Waals surface area contributed by atoms with E-state index in [1.807, 2.05) is 0 Å². The second kappa shape index (κ2) is 5.71. The van der Waals surface area contributed by atoms with Crippen molar-refractivity contribution in [2.75, 3.05) is 7.11 Å². The largest absolute Gasteiger partial charge is 0.452 e. The van der Waals surface area contributed by atoms with Gasteiger partial charge < -0.3 is 8.92 Å². The number of carbonyl (C=O) groups is 1. The van der Waals surface area contributed by atoms with Gasteiger partial charge in [-0.3, -0.25) is 10.1 Å². The summed E-state index contributed by atoms with van der Waals surface area (Å²) in [5.41, 5.74) is -0.664. The first-order chi connectivity index (χ1) is 8.75. The third-order valence-corrected chi connectivity index (χ3v) is 2.76. The molecule has 19 heavy (non-hydrogen) atoms. The lowest BCUT2D eigenvalue weighted by molar-refractivity contribution is -0.385. The molecular weight excluding hydrogens is 304 g/mol. The van der Waals surface area contributed by atoms with Gasteiger partial charge in [-0.15, -0.1) is 0 Å². The van der Waals surface area contributed by atoms with Crippen LogP contribution in [0.5, 0.6) is 5.75 Å². The molecule has 1 N–H and O–H groups in total. The van der Waals surface area contributed by atoms with Crippen molar-refractivity contribution in [2.45, 2.75) is 0 Å². The summed E-state index contributed by atoms with van der Waals surface area (Å²) in [6.07, 6.45) is -1.29. The van der Waals surface area contributed by atoms with Crippen LogP contribution in [-0.2, 0) is 15.0 Å². The fraction of sp³-hybridized carbons (Fsp3) is 0.125. The highest BCUT2D eigenvalue weighted by Gasteiger charge is 2.23. The van der Waals surface area contributed by atoms with Crippen molar-refractivity contribution < 1.29 is 27.1 Å². The number of carbonyl (C=O) groups excluding carboxylic acids is 1. The number of methoxy groups -OCH3 is 1. The average Bonchev–Trinajstić information content (AvgIpc) is 2.30. The summed E-state index contributed by atoms with van der Waals surface area (Å²) in [5.74, 6) is -0.592. The quantitative estimate of drug-likeness (QED) is 0.654. The Morgan fingerprint density at radius 3 is 2.63 bits per heavy atom. The van der Waals surface area contributed by atoms with Crippen LogP contribution in [0.1, 0.15) is 0 Å². The van der Waals surface area contributed by atoms with Crippen LogP contribution in [0.4, 0.5) is 10.5 Å². The van der Waals surface area contributed by atoms with Crippen LogP contribution in [0.3, 0.4) is 0 Å². The van der Waals surface area contributed by atoms with Gasteiger partial charge >= 0.3 is 22.1 Å². The summed E-state index contributed by atoms with van der Waals surface area (Å²) < 4.78 is 32.5. The number of rotatable bonds is 4. The second-order valence-electron chi connectivity index (χ2n) is 3.00. The Balaban J connectivity index is 3.06. The lowest BCUT2D eigenvalue weighted by Gasteiger charge is -2.07. The predicted octanol–water partition coefficient (Wildman–Crippen LogP) is 1.23. The molecule has 0 unspecified atom stereocenters. The van der Waals surface area contributed by atoms with Crippen LogP contribution in [0.15, 0.2) is 18.2 Å². The third kappa shape index (κ3) is 4.26. The highest BCUT2D eigenvalue weighted by molar-refractivity contribution is 7.85. The topological polar surface area (TPSA) is 125 Å². The van der Waals surface area contributed by atoms with E-state index in [4.69, 9.17) is 11.6 Å². The zero-order valence-electron chi connectivity index (χ0n) is 9.32. The Bertz CT molecular complexity index is 616. The van der Waals surface area contributed by atoms with Gasteiger partial charge in [-0.25, -0.2) is 4.79 Å². The Labute approximate surface area is 112 Å². The Kier molecular flexibility index (Phi) is 4.51. The van der Waals surface area contributed by atoms with Crippen molar-refractivity contribution in [3.8, 4) is 5.75 Å². The van der Waals surface area contributed by atoms with Crippen LogP contribution in [0.25, 0.3) is 0 Å². The number of hydrogen-bond donors (Lipinski definition) is 1. The summed E-state index contributed by atoms with van der Waals surface area (Å²) >= 11 is 5.54. The second-order valence-corrected chi connectivity index (χ2v) is 4.72. The van der Waals surface area contributed by atoms with E-state index in [0.29, 0.717) is 0 Å². The lowest BCUT2D eigenvalue weighted by atomic mass is 10.3. The van der Waals surface area contributed by atoms with Crippen molar-refractivity contribution >= 4 is 33.7 Å². The maximum absolute atomic E-state index is 11.3. The van der Waals surface area contributed by atoms with E-state index in [0.717, 1.165) is 19.2 Å². The van der Waals surface area contributed by atoms with E-state index in [1.165, 1.54) is 10.8 Å². The predicted molar refractivity (Wildman–Crippen MR) is 63.2 cm³/mol. The normalized spacial score (nSPS) is 10.6. The van der Waals surface area contributed by atoms with Crippen LogP contribution >= 0.6 is 11.6 Å². The molecule has 0 saturated carbocycles. The van der Waals surface area contributed by atoms with Gasteiger partial charge in [-0.2, -0.15) is 13.1 Å². The summed E-state index contributed by atoms with van der Waals surface area (Å²) in [7, 11) is -3.65. The van der Waals surface area contributed by atoms with E-state index >= 15 is 0 Å². The molecule has 0 aromatic heterocycles. The Morgan fingerprint density at radius 2 is 2.11 bits per heavy atom. The van der Waals surface area contributed by atoms with Gasteiger partial charge in [0.15, 0.2) is 0 Å². The molecule has 0 radical (unpaired) electrons. The number of benzene rings is 1. The summed E-state index contributed by atoms with van der Waals surface area (Å²) in [4.78, 5) is 20.6. The highest BCUT2D eigenvalue weighted by atomic mass is 35.5. The van der Waals surface area contributed by atoms with Crippen LogP contribution in [0.2, 0.25) is 5.02 Å². The first-order valence-electron chi connectivity index (χ1n) is 4.49. The molecule has 0 bridgehead atoms. The molecule has 11 heteroatoms. The number of nitrogens with one attached hydrogen (secondary N) is 1. The molecule has 9 nitrogen and oxygen atoms in total. The molecule has 0 spiro atoms. The zero-order chi connectivity index (χ0) is 14.6. The van der Waals surface area contributed by atoms with Crippen molar-refractivity contribution in [3.05, 3.63) is 33.3 Å². The molecule has 0 aliphatic rings. The van der Waals surface area contributed by atoms with Crippen LogP contribution < -0.4 is 8.91 Å². The van der Waals surface area contributed by atoms with Crippen molar-refractivity contribution in [1.29, 1.82) is 0 Å². The van der Waals surface area contributed by atoms with Gasteiger partial charge in [0, 0.05) is 11.1 Å². The average molecular weight is 311 g/mol. The number of nitrogens with zero attached hydrogens (tertiary/aromatic N) is 1. The van der Waals surface area contributed by atoms with Gasteiger partial charge in [0.2, 0.25) is 5.75 Å². The molecule has 0 fully saturated rings. The molecule has 104 valence electrons. The molecule has 1 amide bonds. The maximum atomic E-state index is 11.3. The Morgan fingerprint density at radius 1 is 1.47 bits per heavy atom. The molecule has 0 aliphatic carbocycles. The van der Waals surface area contributed by atoms with Crippen LogP contribution in [0, 0.1) is 10.1 Å². The molecular formula is C8H7ClN2O7S. The third-order valence-electron chi connectivity index (χ3n) is 1.71. The van der Waals surface area contributed by atoms with Crippen molar-refractivity contribution in [2.24, 2.45) is 0 Å². The van der Waals surface area contributed by atoms with Gasteiger partial charge in [0.25, 0.3) is 0 Å². The van der Waals surface area contributed by atoms with Gasteiger partial charge in [0.1, 0.15) is 0 Å². The van der Waals surface area contributed by atoms with E-state index in [2.05, 4.69) is 8.92 Å². The van der Waals surface area contributed by atoms with E-state index in [-0.39, 0.29) is 5.02 Å². The van der Waals surface area contributed by atoms with Crippen LogP contribution in [-0.4, -0.2) is 26.5 Å². The molecule has 1 rings (SSSR count). The molecule has 0 atom stereocenters. The minimum absolute atomic E-state index is 0.0253. The van der Waals surface area contributed by atoms with Crippen molar-refractivity contribution in [1.82, 2.24) is 4.72 Å². The summed E-state index contributed by atoms with van der Waals surface area (Å²) in [5, 5.41) is 10.7. The first-order valence-corrected chi connectivity index (χ1v) is 6.28. The van der Waals surface area contributed by atoms with Gasteiger partial charge in [-0.1, -0.05) is 11.6 Å². The monoisotopic (exact) mass is 310 g/mol. The fourth-order valence-corrected chi connectivity index (χ4v) is 1.86. The zero-order valence-corrected chi connectivity index (χ0v) is 10.9. The molecule has 0 aliphatic heterocycles. The van der Waals surface area contributed by atoms with Gasteiger partial charge in [0.05, 0.1) is 12.0 Å². The number of nitro groups is 1. The number of ether oxygens (including phenoxy) is 1. The minimum Gasteiger partial charge on any atom is -0.452 e. The number of hydrogen-bond acceptors (Lipinski definition) is 7. The van der Waals surface area contributed by atoms with E-state index in [1.54, 1.807) is 0 Å². The maximum Gasteiger partial charge on any atom is 0.423 e.